The van der Waals surface area contributed by atoms with Crippen molar-refractivity contribution in [3.05, 3.63) is 30.3 Å². The molecule has 1 fully saturated rings. The van der Waals surface area contributed by atoms with Gasteiger partial charge in [0.05, 0.1) is 0 Å². The van der Waals surface area contributed by atoms with Crippen molar-refractivity contribution >= 4 is 12.2 Å². The molecule has 0 saturated carbocycles. The quantitative estimate of drug-likeness (QED) is 0.909. The molecule has 1 saturated heterocycles. The summed E-state index contributed by atoms with van der Waals surface area (Å²) in [7, 11) is 0. The Morgan fingerprint density at radius 3 is 2.30 bits per heavy atom. The normalized spacial score (nSPS) is 15.9. The van der Waals surface area contributed by atoms with Gasteiger partial charge in [-0.1, -0.05) is 18.2 Å². The number of amides is 2. The Bertz CT molecular complexity index is 531. The second kappa shape index (κ2) is 7.35. The van der Waals surface area contributed by atoms with Crippen molar-refractivity contribution in [1.82, 2.24) is 10.2 Å². The molecule has 0 spiro atoms. The van der Waals surface area contributed by atoms with E-state index in [0.29, 0.717) is 31.7 Å². The van der Waals surface area contributed by atoms with Gasteiger partial charge in [0, 0.05) is 19.1 Å². The predicted octanol–water partition coefficient (Wildman–Crippen LogP) is 3.17. The van der Waals surface area contributed by atoms with Crippen molar-refractivity contribution in [3.8, 4) is 5.75 Å². The first-order valence-electron chi connectivity index (χ1n) is 7.85. The van der Waals surface area contributed by atoms with E-state index < -0.39 is 11.7 Å². The molecule has 1 N–H and O–H groups in total. The number of piperidine rings is 1. The molecule has 0 atom stereocenters. The van der Waals surface area contributed by atoms with E-state index in [4.69, 9.17) is 9.47 Å². The molecule has 1 heterocycles. The summed E-state index contributed by atoms with van der Waals surface area (Å²) in [5.74, 6) is 0.510. The number of nitrogens with one attached hydrogen (secondary N) is 1. The average Bonchev–Trinajstić information content (AvgIpc) is 2.47. The van der Waals surface area contributed by atoms with Crippen molar-refractivity contribution in [2.24, 2.45) is 0 Å². The van der Waals surface area contributed by atoms with E-state index in [9.17, 15) is 9.59 Å². The van der Waals surface area contributed by atoms with Crippen LogP contribution in [0.3, 0.4) is 0 Å². The van der Waals surface area contributed by atoms with Crippen LogP contribution in [0, 0.1) is 0 Å². The van der Waals surface area contributed by atoms with E-state index in [0.717, 1.165) is 0 Å². The first-order chi connectivity index (χ1) is 10.8. The molecule has 0 aromatic heterocycles. The smallest absolute Gasteiger partial charge is 0.412 e. The highest BCUT2D eigenvalue weighted by Crippen LogP contribution is 2.16. The second-order valence-corrected chi connectivity index (χ2v) is 6.59. The van der Waals surface area contributed by atoms with Crippen molar-refractivity contribution in [2.75, 3.05) is 13.1 Å². The number of hydrogen-bond acceptors (Lipinski definition) is 4. The number of likely N-dealkylation sites (tertiary alicyclic amines) is 1. The van der Waals surface area contributed by atoms with Crippen LogP contribution in [-0.4, -0.2) is 41.8 Å². The Hall–Kier alpha value is -2.24. The number of hydrogen-bond donors (Lipinski definition) is 1. The van der Waals surface area contributed by atoms with Crippen LogP contribution in [0.5, 0.6) is 5.75 Å². The molecule has 6 nitrogen and oxygen atoms in total. The van der Waals surface area contributed by atoms with Crippen molar-refractivity contribution in [1.29, 1.82) is 0 Å². The highest BCUT2D eigenvalue weighted by Gasteiger charge is 2.27. The molecular weight excluding hydrogens is 296 g/mol. The minimum absolute atomic E-state index is 0.00454. The largest absolute Gasteiger partial charge is 0.444 e. The van der Waals surface area contributed by atoms with Crippen LogP contribution < -0.4 is 10.1 Å². The molecule has 2 amide bonds. The Morgan fingerprint density at radius 1 is 1.13 bits per heavy atom. The van der Waals surface area contributed by atoms with Gasteiger partial charge in [-0.25, -0.2) is 9.59 Å². The van der Waals surface area contributed by atoms with Crippen LogP contribution in [0.15, 0.2) is 30.3 Å². The van der Waals surface area contributed by atoms with Gasteiger partial charge < -0.3 is 19.7 Å². The van der Waals surface area contributed by atoms with Crippen LogP contribution >= 0.6 is 0 Å². The fraction of sp³-hybridized carbons (Fsp3) is 0.529. The van der Waals surface area contributed by atoms with Crippen molar-refractivity contribution in [3.63, 3.8) is 0 Å². The molecule has 6 heteroatoms. The number of benzene rings is 1. The summed E-state index contributed by atoms with van der Waals surface area (Å²) in [5.41, 5.74) is -0.494. The molecule has 1 aliphatic heterocycles. The zero-order valence-electron chi connectivity index (χ0n) is 13.9. The third-order valence-corrected chi connectivity index (χ3v) is 3.42. The molecule has 23 heavy (non-hydrogen) atoms. The van der Waals surface area contributed by atoms with E-state index in [-0.39, 0.29) is 12.1 Å². The lowest BCUT2D eigenvalue weighted by Gasteiger charge is -2.33. The van der Waals surface area contributed by atoms with Gasteiger partial charge in [-0.2, -0.15) is 0 Å². The summed E-state index contributed by atoms with van der Waals surface area (Å²) in [6, 6.07) is 8.93. The highest BCUT2D eigenvalue weighted by molar-refractivity contribution is 5.71. The first-order valence-corrected chi connectivity index (χ1v) is 7.85. The van der Waals surface area contributed by atoms with Gasteiger partial charge in [0.1, 0.15) is 11.4 Å². The maximum Gasteiger partial charge on any atom is 0.412 e. The minimum atomic E-state index is -0.494. The van der Waals surface area contributed by atoms with Crippen LogP contribution in [0.4, 0.5) is 9.59 Å². The van der Waals surface area contributed by atoms with Gasteiger partial charge in [-0.3, -0.25) is 0 Å². The zero-order chi connectivity index (χ0) is 16.9. The molecule has 1 aromatic rings. The number of carbonyl (C=O) groups is 2. The Balaban J connectivity index is 1.74. The summed E-state index contributed by atoms with van der Waals surface area (Å²) in [6.45, 7) is 6.66. The number of ether oxygens (including phenoxy) is 2. The molecule has 1 aliphatic rings. The molecule has 0 radical (unpaired) electrons. The molecule has 0 bridgehead atoms. The van der Waals surface area contributed by atoms with E-state index in [2.05, 4.69) is 5.32 Å². The van der Waals surface area contributed by atoms with E-state index in [1.165, 1.54) is 0 Å². The summed E-state index contributed by atoms with van der Waals surface area (Å²) in [5, 5.41) is 2.84. The standard InChI is InChI=1S/C17H24N2O4/c1-17(2,3)23-16(21)19-11-9-13(10-12-19)18-15(20)22-14-7-5-4-6-8-14/h4-8,13H,9-12H2,1-3H3,(H,18,20). The summed E-state index contributed by atoms with van der Waals surface area (Å²) < 4.78 is 10.5. The topological polar surface area (TPSA) is 67.9 Å². The fourth-order valence-electron chi connectivity index (χ4n) is 2.32. The van der Waals surface area contributed by atoms with Gasteiger partial charge in [0.2, 0.25) is 0 Å². The van der Waals surface area contributed by atoms with Crippen LogP contribution in [0.25, 0.3) is 0 Å². The highest BCUT2D eigenvalue weighted by atomic mass is 16.6. The SMILES string of the molecule is CC(C)(C)OC(=O)N1CCC(NC(=O)Oc2ccccc2)CC1. The number of rotatable bonds is 2. The Labute approximate surface area is 136 Å². The maximum atomic E-state index is 12.0. The minimum Gasteiger partial charge on any atom is -0.444 e. The third-order valence-electron chi connectivity index (χ3n) is 3.42. The lowest BCUT2D eigenvalue weighted by atomic mass is 10.1. The number of carbonyl (C=O) groups excluding carboxylic acids is 2. The van der Waals surface area contributed by atoms with Gasteiger partial charge in [-0.05, 0) is 45.7 Å². The molecule has 1 aromatic carbocycles. The van der Waals surface area contributed by atoms with Crippen LogP contribution in [0.2, 0.25) is 0 Å². The van der Waals surface area contributed by atoms with Crippen molar-refractivity contribution in [2.45, 2.75) is 45.3 Å². The second-order valence-electron chi connectivity index (χ2n) is 6.59. The average molecular weight is 320 g/mol. The lowest BCUT2D eigenvalue weighted by molar-refractivity contribution is 0.0200. The van der Waals surface area contributed by atoms with Gasteiger partial charge in [0.15, 0.2) is 0 Å². The Kier molecular flexibility index (Phi) is 5.47. The monoisotopic (exact) mass is 320 g/mol. The number of para-hydroxylation sites is 1. The van der Waals surface area contributed by atoms with E-state index in [1.807, 2.05) is 39.0 Å². The molecule has 2 rings (SSSR count). The van der Waals surface area contributed by atoms with E-state index >= 15 is 0 Å². The maximum absolute atomic E-state index is 12.0. The van der Waals surface area contributed by atoms with Crippen LogP contribution in [0.1, 0.15) is 33.6 Å². The summed E-state index contributed by atoms with van der Waals surface area (Å²) >= 11 is 0. The molecular formula is C17H24N2O4. The van der Waals surface area contributed by atoms with Gasteiger partial charge in [0.25, 0.3) is 0 Å². The molecule has 0 unspecified atom stereocenters. The summed E-state index contributed by atoms with van der Waals surface area (Å²) in [4.78, 5) is 25.5. The van der Waals surface area contributed by atoms with Gasteiger partial charge in [-0.15, -0.1) is 0 Å². The molecule has 0 aliphatic carbocycles. The zero-order valence-corrected chi connectivity index (χ0v) is 13.9. The number of nitrogens with zero attached hydrogens (tertiary/aromatic N) is 1. The first kappa shape index (κ1) is 17.1. The molecule has 126 valence electrons. The van der Waals surface area contributed by atoms with E-state index in [1.54, 1.807) is 17.0 Å². The third kappa shape index (κ3) is 5.81. The van der Waals surface area contributed by atoms with Crippen molar-refractivity contribution < 1.29 is 19.1 Å². The Morgan fingerprint density at radius 2 is 1.74 bits per heavy atom. The fourth-order valence-corrected chi connectivity index (χ4v) is 2.32. The lowest BCUT2D eigenvalue weighted by Crippen LogP contribution is -2.48. The summed E-state index contributed by atoms with van der Waals surface area (Å²) in [6.07, 6.45) is 0.599. The van der Waals surface area contributed by atoms with Gasteiger partial charge >= 0.3 is 12.2 Å². The predicted molar refractivity (Wildman–Crippen MR) is 86.4 cm³/mol. The van der Waals surface area contributed by atoms with Crippen LogP contribution in [-0.2, 0) is 4.74 Å².